The van der Waals surface area contributed by atoms with E-state index in [1.807, 2.05) is 0 Å². The molecule has 0 aliphatic carbocycles. The third-order valence-electron chi connectivity index (χ3n) is 0. The zero-order chi connectivity index (χ0) is 3.58. The Bertz CT molecular complexity index is 15.5. The molecule has 0 saturated carbocycles. The number of hydrogen-bond donors (Lipinski definition) is 3. The van der Waals surface area contributed by atoms with Gasteiger partial charge < -0.3 is 15.1 Å². The fraction of sp³-hybridized carbons (Fsp3) is 0. The van der Waals surface area contributed by atoms with Crippen LogP contribution in [0.25, 0.3) is 0 Å². The molecule has 0 fully saturated rings. The summed E-state index contributed by atoms with van der Waals surface area (Å²) in [7, 11) is -2.17. The van der Waals surface area contributed by atoms with Gasteiger partial charge in [0.15, 0.2) is 0 Å². The van der Waals surface area contributed by atoms with Crippen molar-refractivity contribution in [1.82, 2.24) is 0 Å². The van der Waals surface area contributed by atoms with Crippen LogP contribution in [0.4, 0.5) is 0 Å². The first-order valence-electron chi connectivity index (χ1n) is 0.775. The second-order valence-corrected chi connectivity index (χ2v) is 0.346. The summed E-state index contributed by atoms with van der Waals surface area (Å²) in [6, 6.07) is 0. The smallest absolute Gasteiger partial charge is 0 e. The van der Waals surface area contributed by atoms with E-state index in [0.717, 1.165) is 0 Å². The van der Waals surface area contributed by atoms with Crippen molar-refractivity contribution in [2.45, 2.75) is 0 Å². The molecular formula is H4BKO3Pt. The van der Waals surface area contributed by atoms with Gasteiger partial charge in [-0.25, -0.2) is 0 Å². The van der Waals surface area contributed by atoms with Gasteiger partial charge in [-0.05, 0) is 0 Å². The average molecular weight is 297 g/mol. The van der Waals surface area contributed by atoms with Crippen molar-refractivity contribution in [3.8, 4) is 0 Å². The average Bonchev–Trinajstić information content (AvgIpc) is 0.811. The van der Waals surface area contributed by atoms with Crippen molar-refractivity contribution in [2.75, 3.05) is 0 Å². The van der Waals surface area contributed by atoms with Gasteiger partial charge in [0.2, 0.25) is 0 Å². The Morgan fingerprint density at radius 3 is 1.00 bits per heavy atom. The van der Waals surface area contributed by atoms with Crippen LogP contribution in [0.15, 0.2) is 0 Å². The van der Waals surface area contributed by atoms with E-state index in [4.69, 9.17) is 15.1 Å². The van der Waals surface area contributed by atoms with Crippen LogP contribution >= 0.6 is 0 Å². The largest absolute Gasteiger partial charge is 0 e. The summed E-state index contributed by atoms with van der Waals surface area (Å²) in [6.07, 6.45) is 0. The molecule has 0 aromatic carbocycles. The maximum Gasteiger partial charge on any atom is 0 e. The number of hydrogen-bond acceptors (Lipinski definition) is 3. The van der Waals surface area contributed by atoms with Crippen molar-refractivity contribution < 1.29 is 36.1 Å². The third kappa shape index (κ3) is 33.8. The monoisotopic (exact) mass is 297 g/mol. The van der Waals surface area contributed by atoms with Crippen molar-refractivity contribution in [2.24, 2.45) is 0 Å². The van der Waals surface area contributed by atoms with Gasteiger partial charge in [-0.2, -0.15) is 0 Å². The Labute approximate surface area is 93.0 Å². The van der Waals surface area contributed by atoms with E-state index in [1.54, 1.807) is 0 Å². The Hall–Kier alpha value is 2.27. The Balaban J connectivity index is -0.0000000450. The van der Waals surface area contributed by atoms with E-state index in [0.29, 0.717) is 0 Å². The zero-order valence-electron chi connectivity index (χ0n) is 2.24. The molecule has 0 radical (unpaired) electrons. The van der Waals surface area contributed by atoms with Crippen LogP contribution in [0, 0.1) is 0 Å². The molecule has 0 rings (SSSR count). The molecule has 0 saturated heterocycles. The summed E-state index contributed by atoms with van der Waals surface area (Å²) in [5, 5.41) is 21.5. The van der Waals surface area contributed by atoms with Gasteiger partial charge in [0.25, 0.3) is 0 Å². The Morgan fingerprint density at radius 1 is 1.00 bits per heavy atom. The SMILES string of the molecule is OB(O)O.[KH].[Pt]. The van der Waals surface area contributed by atoms with Crippen molar-refractivity contribution >= 4 is 58.7 Å². The second kappa shape index (κ2) is 10.3. The molecule has 0 aliphatic heterocycles. The zero-order valence-corrected chi connectivity index (χ0v) is 4.51. The molecule has 0 aromatic rings. The molecule has 0 spiro atoms. The quantitative estimate of drug-likeness (QED) is 0.426. The van der Waals surface area contributed by atoms with Crippen LogP contribution in [0.3, 0.4) is 0 Å². The summed E-state index contributed by atoms with van der Waals surface area (Å²) in [5.74, 6) is 0. The Morgan fingerprint density at radius 2 is 1.00 bits per heavy atom. The fourth-order valence-electron chi connectivity index (χ4n) is 0. The summed E-state index contributed by atoms with van der Waals surface area (Å²) in [4.78, 5) is 0. The standard InChI is InChI=1S/BH3O3.K.Pt.H/c2-1(3)4;;;/h2-4H;;;. The van der Waals surface area contributed by atoms with Crippen molar-refractivity contribution in [3.63, 3.8) is 0 Å². The maximum atomic E-state index is 7.17. The maximum absolute atomic E-state index is 7.17. The summed E-state index contributed by atoms with van der Waals surface area (Å²) in [6.45, 7) is 0. The molecule has 6 heteroatoms. The molecule has 0 unspecified atom stereocenters. The molecular weight excluding hydrogens is 293 g/mol. The predicted molar refractivity (Wildman–Crippen MR) is 19.6 cm³/mol. The molecule has 36 valence electrons. The van der Waals surface area contributed by atoms with Gasteiger partial charge in [-0.1, -0.05) is 0 Å². The molecule has 3 N–H and O–H groups in total. The molecule has 0 amide bonds. The molecule has 6 heavy (non-hydrogen) atoms. The van der Waals surface area contributed by atoms with E-state index in [2.05, 4.69) is 0 Å². The third-order valence-corrected chi connectivity index (χ3v) is 0. The van der Waals surface area contributed by atoms with E-state index >= 15 is 0 Å². The summed E-state index contributed by atoms with van der Waals surface area (Å²) >= 11 is 0. The van der Waals surface area contributed by atoms with Crippen molar-refractivity contribution in [1.29, 1.82) is 0 Å². The first kappa shape index (κ1) is 15.7. The van der Waals surface area contributed by atoms with Gasteiger partial charge in [0.1, 0.15) is 0 Å². The molecule has 3 nitrogen and oxygen atoms in total. The fourth-order valence-corrected chi connectivity index (χ4v) is 0. The molecule has 0 aliphatic rings. The van der Waals surface area contributed by atoms with E-state index in [-0.39, 0.29) is 72.4 Å². The Kier molecular flexibility index (Phi) is 27.0. The van der Waals surface area contributed by atoms with Gasteiger partial charge in [-0.15, -0.1) is 0 Å². The molecule has 0 aromatic heterocycles. The van der Waals surface area contributed by atoms with Gasteiger partial charge in [0, 0.05) is 21.1 Å². The van der Waals surface area contributed by atoms with Crippen LogP contribution in [-0.2, 0) is 21.1 Å². The van der Waals surface area contributed by atoms with Gasteiger partial charge in [0.05, 0.1) is 0 Å². The summed E-state index contributed by atoms with van der Waals surface area (Å²) in [5.41, 5.74) is 0. The van der Waals surface area contributed by atoms with Crippen LogP contribution in [-0.4, -0.2) is 73.8 Å². The number of rotatable bonds is 0. The van der Waals surface area contributed by atoms with Crippen LogP contribution in [0.1, 0.15) is 0 Å². The van der Waals surface area contributed by atoms with Crippen LogP contribution < -0.4 is 0 Å². The molecule has 0 atom stereocenters. The summed E-state index contributed by atoms with van der Waals surface area (Å²) < 4.78 is 0. The molecule has 0 bridgehead atoms. The minimum Gasteiger partial charge on any atom is 0 e. The predicted octanol–water partition coefficient (Wildman–Crippen LogP) is -2.70. The van der Waals surface area contributed by atoms with Crippen LogP contribution in [0.2, 0.25) is 0 Å². The van der Waals surface area contributed by atoms with E-state index in [9.17, 15) is 0 Å². The van der Waals surface area contributed by atoms with Crippen LogP contribution in [0.5, 0.6) is 0 Å². The first-order valence-corrected chi connectivity index (χ1v) is 0.775. The molecule has 0 heterocycles. The van der Waals surface area contributed by atoms with E-state index < -0.39 is 7.32 Å². The van der Waals surface area contributed by atoms with Gasteiger partial charge >= 0.3 is 58.7 Å². The second-order valence-electron chi connectivity index (χ2n) is 0.346. The van der Waals surface area contributed by atoms with Gasteiger partial charge in [-0.3, -0.25) is 0 Å². The normalized spacial score (nSPS) is 4.50. The minimum atomic E-state index is -2.17. The van der Waals surface area contributed by atoms with E-state index in [1.165, 1.54) is 0 Å². The van der Waals surface area contributed by atoms with Crippen molar-refractivity contribution in [3.05, 3.63) is 0 Å². The topological polar surface area (TPSA) is 60.7 Å². The first-order chi connectivity index (χ1) is 1.73. The minimum absolute atomic E-state index is 0.